The van der Waals surface area contributed by atoms with Gasteiger partial charge in [0, 0.05) is 22.9 Å². The lowest BCUT2D eigenvalue weighted by Gasteiger charge is -2.06. The first-order valence-corrected chi connectivity index (χ1v) is 8.86. The Balaban J connectivity index is 1.57. The Bertz CT molecular complexity index is 1080. The molecule has 4 rings (SSSR count). The number of halogens is 1. The van der Waals surface area contributed by atoms with E-state index in [4.69, 9.17) is 9.47 Å². The Morgan fingerprint density at radius 2 is 1.96 bits per heavy atom. The van der Waals surface area contributed by atoms with Crippen molar-refractivity contribution in [1.82, 2.24) is 4.98 Å². The van der Waals surface area contributed by atoms with Crippen LogP contribution in [-0.2, 0) is 0 Å². The van der Waals surface area contributed by atoms with E-state index in [1.807, 2.05) is 12.1 Å². The smallest absolute Gasteiger partial charge is 0.344 e. The molecule has 0 N–H and O–H groups in total. The molecule has 132 valence electrons. The molecule has 1 aliphatic heterocycles. The molecule has 3 aromatic rings. The number of pyridine rings is 1. The molecule has 0 amide bonds. The van der Waals surface area contributed by atoms with E-state index < -0.39 is 5.97 Å². The third-order valence-electron chi connectivity index (χ3n) is 3.93. The van der Waals surface area contributed by atoms with Crippen LogP contribution in [0.15, 0.2) is 77.2 Å². The van der Waals surface area contributed by atoms with Gasteiger partial charge in [-0.1, -0.05) is 18.2 Å². The van der Waals surface area contributed by atoms with Crippen molar-refractivity contribution in [1.29, 1.82) is 0 Å². The minimum absolute atomic E-state index is 0.201. The van der Waals surface area contributed by atoms with Crippen molar-refractivity contribution in [2.24, 2.45) is 0 Å². The minimum atomic E-state index is -0.502. The molecule has 0 saturated heterocycles. The van der Waals surface area contributed by atoms with E-state index in [1.165, 1.54) is 6.07 Å². The number of fused-ring (bicyclic) bond motifs is 1. The minimum Gasteiger partial charge on any atom is -0.452 e. The summed E-state index contributed by atoms with van der Waals surface area (Å²) in [5, 5.41) is 0. The molecular formula is C21H12BrNO4. The van der Waals surface area contributed by atoms with Crippen LogP contribution in [0.25, 0.3) is 6.08 Å². The van der Waals surface area contributed by atoms with Crippen LogP contribution in [0.1, 0.15) is 26.3 Å². The van der Waals surface area contributed by atoms with Crippen LogP contribution >= 0.6 is 15.9 Å². The quantitative estimate of drug-likeness (QED) is 0.349. The molecule has 0 unspecified atom stereocenters. The number of hydrogen-bond acceptors (Lipinski definition) is 5. The number of benzene rings is 2. The van der Waals surface area contributed by atoms with Gasteiger partial charge in [-0.15, -0.1) is 0 Å². The summed E-state index contributed by atoms with van der Waals surface area (Å²) in [5.74, 6) is 0.125. The first-order chi connectivity index (χ1) is 13.1. The highest BCUT2D eigenvalue weighted by Gasteiger charge is 2.28. The van der Waals surface area contributed by atoms with E-state index in [0.717, 1.165) is 5.56 Å². The molecule has 2 aromatic carbocycles. The maximum Gasteiger partial charge on any atom is 0.344 e. The fraction of sp³-hybridized carbons (Fsp3) is 0. The fourth-order valence-electron chi connectivity index (χ4n) is 2.63. The van der Waals surface area contributed by atoms with Crippen LogP contribution in [0.4, 0.5) is 0 Å². The van der Waals surface area contributed by atoms with Crippen molar-refractivity contribution >= 4 is 33.8 Å². The van der Waals surface area contributed by atoms with Crippen LogP contribution in [0, 0.1) is 0 Å². The number of ketones is 1. The van der Waals surface area contributed by atoms with Crippen LogP contribution in [0.5, 0.6) is 11.5 Å². The number of esters is 1. The molecule has 2 heterocycles. The third kappa shape index (κ3) is 3.52. The lowest BCUT2D eigenvalue weighted by molar-refractivity contribution is 0.0733. The second kappa shape index (κ2) is 7.17. The van der Waals surface area contributed by atoms with Crippen molar-refractivity contribution in [3.05, 3.63) is 93.9 Å². The third-order valence-corrected chi connectivity index (χ3v) is 4.62. The average Bonchev–Trinajstić information content (AvgIpc) is 2.98. The standard InChI is InChI=1S/C21H12BrNO4/c22-17-6-2-1-5-15(17)21(25)26-14-7-8-16-18(11-14)27-19(20(16)24)10-13-4-3-9-23-12-13/h1-12H/b19-10-. The summed E-state index contributed by atoms with van der Waals surface area (Å²) in [5.41, 5.74) is 1.59. The number of allylic oxidation sites excluding steroid dienone is 1. The van der Waals surface area contributed by atoms with Crippen LogP contribution < -0.4 is 9.47 Å². The predicted octanol–water partition coefficient (Wildman–Crippen LogP) is 4.68. The molecule has 5 nitrogen and oxygen atoms in total. The Hall–Kier alpha value is -3.25. The Morgan fingerprint density at radius 3 is 2.74 bits per heavy atom. The summed E-state index contributed by atoms with van der Waals surface area (Å²) in [7, 11) is 0. The summed E-state index contributed by atoms with van der Waals surface area (Å²) in [6.07, 6.45) is 4.92. The molecule has 6 heteroatoms. The van der Waals surface area contributed by atoms with Gasteiger partial charge in [0.2, 0.25) is 5.78 Å². The second-order valence-corrected chi connectivity index (χ2v) is 6.61. The number of aromatic nitrogens is 1. The maximum atomic E-state index is 12.5. The van der Waals surface area contributed by atoms with E-state index in [0.29, 0.717) is 27.1 Å². The van der Waals surface area contributed by atoms with E-state index in [1.54, 1.807) is 54.9 Å². The second-order valence-electron chi connectivity index (χ2n) is 5.75. The summed E-state index contributed by atoms with van der Waals surface area (Å²) >= 11 is 3.32. The lowest BCUT2D eigenvalue weighted by atomic mass is 10.1. The van der Waals surface area contributed by atoms with Gasteiger partial charge in [0.05, 0.1) is 11.1 Å². The van der Waals surface area contributed by atoms with Crippen molar-refractivity contribution in [3.8, 4) is 11.5 Å². The molecule has 0 bridgehead atoms. The Kier molecular flexibility index (Phi) is 4.56. The molecule has 1 aromatic heterocycles. The molecule has 0 aliphatic carbocycles. The summed E-state index contributed by atoms with van der Waals surface area (Å²) in [6.45, 7) is 0. The first-order valence-electron chi connectivity index (χ1n) is 8.07. The van der Waals surface area contributed by atoms with Gasteiger partial charge in [0.25, 0.3) is 0 Å². The van der Waals surface area contributed by atoms with Crippen molar-refractivity contribution < 1.29 is 19.1 Å². The Morgan fingerprint density at radius 1 is 1.11 bits per heavy atom. The highest BCUT2D eigenvalue weighted by molar-refractivity contribution is 9.10. The number of rotatable bonds is 3. The highest BCUT2D eigenvalue weighted by Crippen LogP contribution is 2.35. The monoisotopic (exact) mass is 421 g/mol. The van der Waals surface area contributed by atoms with Crippen LogP contribution in [0.3, 0.4) is 0 Å². The molecular weight excluding hydrogens is 410 g/mol. The largest absolute Gasteiger partial charge is 0.452 e. The van der Waals surface area contributed by atoms with Crippen molar-refractivity contribution in [2.45, 2.75) is 0 Å². The van der Waals surface area contributed by atoms with Gasteiger partial charge in [0.15, 0.2) is 5.76 Å². The van der Waals surface area contributed by atoms with Crippen LogP contribution in [-0.4, -0.2) is 16.7 Å². The van der Waals surface area contributed by atoms with Gasteiger partial charge >= 0.3 is 5.97 Å². The lowest BCUT2D eigenvalue weighted by Crippen LogP contribution is -2.09. The Labute approximate surface area is 163 Å². The van der Waals surface area contributed by atoms with E-state index in [-0.39, 0.29) is 11.5 Å². The van der Waals surface area contributed by atoms with E-state index in [2.05, 4.69) is 20.9 Å². The zero-order valence-electron chi connectivity index (χ0n) is 13.9. The number of nitrogens with zero attached hydrogens (tertiary/aromatic N) is 1. The van der Waals surface area contributed by atoms with Crippen LogP contribution in [0.2, 0.25) is 0 Å². The van der Waals surface area contributed by atoms with Crippen molar-refractivity contribution in [2.75, 3.05) is 0 Å². The normalized spacial score (nSPS) is 14.0. The highest BCUT2D eigenvalue weighted by atomic mass is 79.9. The van der Waals surface area contributed by atoms with E-state index >= 15 is 0 Å². The molecule has 0 spiro atoms. The van der Waals surface area contributed by atoms with Gasteiger partial charge in [-0.3, -0.25) is 9.78 Å². The first kappa shape index (κ1) is 17.2. The van der Waals surface area contributed by atoms with Gasteiger partial charge in [-0.25, -0.2) is 4.79 Å². The number of ether oxygens (including phenoxy) is 2. The SMILES string of the molecule is O=C(Oc1ccc2c(c1)O/C(=C\c1cccnc1)C2=O)c1ccccc1Br. The topological polar surface area (TPSA) is 65.5 Å². The number of carbonyl (C=O) groups is 2. The number of hydrogen-bond donors (Lipinski definition) is 0. The maximum absolute atomic E-state index is 12.5. The molecule has 27 heavy (non-hydrogen) atoms. The molecule has 0 saturated carbocycles. The van der Waals surface area contributed by atoms with Gasteiger partial charge < -0.3 is 9.47 Å². The van der Waals surface area contributed by atoms with Gasteiger partial charge in [-0.2, -0.15) is 0 Å². The summed E-state index contributed by atoms with van der Waals surface area (Å²) in [4.78, 5) is 28.8. The average molecular weight is 422 g/mol. The number of carbonyl (C=O) groups excluding carboxylic acids is 2. The molecule has 0 radical (unpaired) electrons. The molecule has 0 atom stereocenters. The van der Waals surface area contributed by atoms with Gasteiger partial charge in [-0.05, 0) is 57.9 Å². The van der Waals surface area contributed by atoms with Gasteiger partial charge in [0.1, 0.15) is 11.5 Å². The number of Topliss-reactive ketones (excluding diaryl/α,β-unsaturated/α-hetero) is 1. The van der Waals surface area contributed by atoms with E-state index in [9.17, 15) is 9.59 Å². The summed E-state index contributed by atoms with van der Waals surface area (Å²) in [6, 6.07) is 15.3. The zero-order chi connectivity index (χ0) is 18.8. The predicted molar refractivity (Wildman–Crippen MR) is 103 cm³/mol. The molecule has 0 fully saturated rings. The van der Waals surface area contributed by atoms with Crippen molar-refractivity contribution in [3.63, 3.8) is 0 Å². The molecule has 1 aliphatic rings. The zero-order valence-corrected chi connectivity index (χ0v) is 15.5. The summed E-state index contributed by atoms with van der Waals surface area (Å²) < 4.78 is 11.7. The fourth-order valence-corrected chi connectivity index (χ4v) is 3.08.